The van der Waals surface area contributed by atoms with E-state index >= 15 is 0 Å². The molecule has 10 N–H and O–H groups in total. The van der Waals surface area contributed by atoms with Gasteiger partial charge in [-0.2, -0.15) is 0 Å². The first kappa shape index (κ1) is 50.0. The van der Waals surface area contributed by atoms with Crippen LogP contribution in [0, 0.1) is 45.3 Å². The lowest BCUT2D eigenvalue weighted by Crippen LogP contribution is -2.68. The minimum Gasteiger partial charge on any atom is -0.394 e. The molecule has 0 amide bonds. The molecule has 0 aromatic carbocycles. The second kappa shape index (κ2) is 17.4. The first-order chi connectivity index (χ1) is 30.9. The highest BCUT2D eigenvalue weighted by Crippen LogP contribution is 2.80. The standard InChI is InChI=1S/C48H78O18/c1-21(2)15-23-16-46(8,58)39-24-9-10-28-44(6)13-12-29(43(4,5)27(44)11-14-45(28,7)47(24)19-48(39,66-23)59-20-47)63-42-38(65-40-35(56)33(54)30(51)22(3)60-40)37(32(53)26(18-50)62-42)64-41-36(57)34(55)31(52)25(17-49)61-41/h15,22-42,49-58H,9-14,16-20H2,1-8H3/t22-,23+,24-,25-,26+,27+,28+,29-,30-,31-,32+,33+,34+,35-,36-,37-,38+,39+,40+,41+,42-,44-,45-,46-,47-,48-/m0/s1. The summed E-state index contributed by atoms with van der Waals surface area (Å²) < 4.78 is 51.2. The van der Waals surface area contributed by atoms with Gasteiger partial charge in [0.2, 0.25) is 0 Å². The molecule has 5 heterocycles. The lowest BCUT2D eigenvalue weighted by Gasteiger charge is -2.70. The van der Waals surface area contributed by atoms with E-state index in [4.69, 9.17) is 37.9 Å². The zero-order valence-corrected chi connectivity index (χ0v) is 39.7. The van der Waals surface area contributed by atoms with Crippen molar-refractivity contribution < 1.29 is 89.0 Å². The molecule has 4 saturated carbocycles. The highest BCUT2D eigenvalue weighted by atomic mass is 16.8. The fraction of sp³-hybridized carbons (Fsp3) is 0.958. The second-order valence-electron chi connectivity index (χ2n) is 23.4. The van der Waals surface area contributed by atoms with Gasteiger partial charge in [-0.1, -0.05) is 39.3 Å². The smallest absolute Gasteiger partial charge is 0.187 e. The molecule has 18 nitrogen and oxygen atoms in total. The average Bonchev–Trinajstić information content (AvgIpc) is 3.77. The molecule has 9 rings (SSSR count). The van der Waals surface area contributed by atoms with Crippen LogP contribution in [0.15, 0.2) is 11.6 Å². The molecule has 66 heavy (non-hydrogen) atoms. The van der Waals surface area contributed by atoms with Gasteiger partial charge in [-0.15, -0.1) is 0 Å². The van der Waals surface area contributed by atoms with E-state index in [1.807, 2.05) is 6.92 Å². The second-order valence-corrected chi connectivity index (χ2v) is 23.4. The summed E-state index contributed by atoms with van der Waals surface area (Å²) in [6, 6.07) is 0. The Labute approximate surface area is 387 Å². The number of hydrogen-bond acceptors (Lipinski definition) is 18. The van der Waals surface area contributed by atoms with Crippen molar-refractivity contribution >= 4 is 0 Å². The van der Waals surface area contributed by atoms with Crippen LogP contribution < -0.4 is 0 Å². The first-order valence-electron chi connectivity index (χ1n) is 24.5. The van der Waals surface area contributed by atoms with Gasteiger partial charge < -0.3 is 89.0 Å². The molecule has 0 radical (unpaired) electrons. The molecule has 9 aliphatic rings. The molecule has 5 saturated heterocycles. The van der Waals surface area contributed by atoms with Crippen LogP contribution in [0.25, 0.3) is 0 Å². The zero-order valence-electron chi connectivity index (χ0n) is 39.7. The lowest BCUT2D eigenvalue weighted by molar-refractivity contribution is -0.398. The Hall–Kier alpha value is -0.980. The average molecular weight is 943 g/mol. The van der Waals surface area contributed by atoms with Crippen LogP contribution in [0.5, 0.6) is 0 Å². The van der Waals surface area contributed by atoms with Crippen molar-refractivity contribution in [2.75, 3.05) is 19.8 Å². The van der Waals surface area contributed by atoms with Crippen LogP contribution in [0.1, 0.15) is 107 Å². The van der Waals surface area contributed by atoms with E-state index in [0.29, 0.717) is 25.4 Å². The van der Waals surface area contributed by atoms with Crippen LogP contribution in [0.2, 0.25) is 0 Å². The molecule has 26 atom stereocenters. The third kappa shape index (κ3) is 7.48. The van der Waals surface area contributed by atoms with Crippen molar-refractivity contribution in [3.63, 3.8) is 0 Å². The van der Waals surface area contributed by atoms with Crippen molar-refractivity contribution in [3.8, 4) is 0 Å². The normalized spacial score (nSPS) is 57.6. The van der Waals surface area contributed by atoms with Gasteiger partial charge in [-0.05, 0) is 100 Å². The quantitative estimate of drug-likeness (QED) is 0.110. The van der Waals surface area contributed by atoms with Gasteiger partial charge >= 0.3 is 0 Å². The third-order valence-corrected chi connectivity index (χ3v) is 19.1. The Morgan fingerprint density at radius 3 is 1.95 bits per heavy atom. The summed E-state index contributed by atoms with van der Waals surface area (Å²) in [7, 11) is 0. The summed E-state index contributed by atoms with van der Waals surface area (Å²) in [6.07, 6.45) is -15.6. The van der Waals surface area contributed by atoms with E-state index < -0.39 is 128 Å². The fourth-order valence-electron chi connectivity index (χ4n) is 16.0. The Bertz CT molecular complexity index is 1790. The van der Waals surface area contributed by atoms with Gasteiger partial charge in [0.15, 0.2) is 24.7 Å². The molecule has 2 spiro atoms. The van der Waals surface area contributed by atoms with Crippen LogP contribution in [0.3, 0.4) is 0 Å². The summed E-state index contributed by atoms with van der Waals surface area (Å²) in [5, 5.41) is 109. The van der Waals surface area contributed by atoms with Crippen LogP contribution in [-0.4, -0.2) is 187 Å². The minimum atomic E-state index is -1.87. The van der Waals surface area contributed by atoms with Crippen molar-refractivity contribution in [1.82, 2.24) is 0 Å². The maximum absolute atomic E-state index is 12.2. The predicted octanol–water partition coefficient (Wildman–Crippen LogP) is 0.355. The molecule has 378 valence electrons. The molecule has 18 heteroatoms. The van der Waals surface area contributed by atoms with Gasteiger partial charge in [0.1, 0.15) is 67.1 Å². The monoisotopic (exact) mass is 943 g/mol. The Balaban J connectivity index is 0.996. The summed E-state index contributed by atoms with van der Waals surface area (Å²) in [6.45, 7) is 16.1. The molecule has 2 bridgehead atoms. The summed E-state index contributed by atoms with van der Waals surface area (Å²) >= 11 is 0. The van der Waals surface area contributed by atoms with Crippen molar-refractivity contribution in [2.45, 2.75) is 222 Å². The molecule has 9 fully saturated rings. The number of ether oxygens (including phenoxy) is 8. The van der Waals surface area contributed by atoms with Gasteiger partial charge in [0.05, 0.1) is 43.7 Å². The number of aliphatic hydroxyl groups is 10. The van der Waals surface area contributed by atoms with E-state index in [0.717, 1.165) is 44.1 Å². The number of aliphatic hydroxyl groups excluding tert-OH is 9. The van der Waals surface area contributed by atoms with Crippen molar-refractivity contribution in [1.29, 1.82) is 0 Å². The summed E-state index contributed by atoms with van der Waals surface area (Å²) in [4.78, 5) is 0. The van der Waals surface area contributed by atoms with Crippen molar-refractivity contribution in [3.05, 3.63) is 11.6 Å². The molecule has 0 aromatic rings. The highest BCUT2D eigenvalue weighted by molar-refractivity contribution is 5.26. The summed E-state index contributed by atoms with van der Waals surface area (Å²) in [5.74, 6) is -0.197. The molecule has 4 aliphatic carbocycles. The van der Waals surface area contributed by atoms with E-state index in [1.54, 1.807) is 0 Å². The van der Waals surface area contributed by atoms with Gasteiger partial charge in [0.25, 0.3) is 0 Å². The van der Waals surface area contributed by atoms with E-state index in [2.05, 4.69) is 47.6 Å². The van der Waals surface area contributed by atoms with Crippen molar-refractivity contribution in [2.24, 2.45) is 45.3 Å². The predicted molar refractivity (Wildman–Crippen MR) is 229 cm³/mol. The maximum Gasteiger partial charge on any atom is 0.187 e. The highest BCUT2D eigenvalue weighted by Gasteiger charge is 2.81. The number of rotatable bonds is 9. The number of hydrogen-bond donors (Lipinski definition) is 10. The number of allylic oxidation sites excluding steroid dienone is 1. The number of fused-ring (bicyclic) bond motifs is 4. The Morgan fingerprint density at radius 1 is 0.667 bits per heavy atom. The zero-order chi connectivity index (χ0) is 47.8. The van der Waals surface area contributed by atoms with Gasteiger partial charge in [-0.25, -0.2) is 0 Å². The molecular formula is C48H78O18. The maximum atomic E-state index is 12.2. The van der Waals surface area contributed by atoms with Crippen LogP contribution >= 0.6 is 0 Å². The van der Waals surface area contributed by atoms with Gasteiger partial charge in [0, 0.05) is 24.2 Å². The van der Waals surface area contributed by atoms with Crippen LogP contribution in [-0.2, 0) is 37.9 Å². The SMILES string of the molecule is CC(C)=C[C@@H]1C[C@](C)(O)[C@H]2[C@@H]3CC[C@@H]4[C@@]5(C)CC[C@H](O[C@@H]6O[C@H](CO)[C@@H](O)[C@H](O[C@H]7O[C@@H](CO)[C@H](O)[C@@H](O)[C@@H]7O)[C@H]6O[C@H]6O[C@@H](C)[C@H](O)[C@@H](O)[C@@H]6O)C(C)(C)[C@H]5CC[C@]4(C)[C@@]34CO[C@@]2(C4)O1. The Morgan fingerprint density at radius 2 is 1.29 bits per heavy atom. The largest absolute Gasteiger partial charge is 0.394 e. The third-order valence-electron chi connectivity index (χ3n) is 19.1. The lowest BCUT2D eigenvalue weighted by atomic mass is 9.35. The molecule has 0 aromatic heterocycles. The van der Waals surface area contributed by atoms with E-state index in [-0.39, 0.29) is 40.1 Å². The fourth-order valence-corrected chi connectivity index (χ4v) is 16.0. The Kier molecular flexibility index (Phi) is 13.1. The first-order valence-corrected chi connectivity index (χ1v) is 24.5. The minimum absolute atomic E-state index is 0.0990. The van der Waals surface area contributed by atoms with E-state index in [1.165, 1.54) is 6.92 Å². The molecule has 0 unspecified atom stereocenters. The molecular weight excluding hydrogens is 865 g/mol. The van der Waals surface area contributed by atoms with Gasteiger partial charge in [-0.3, -0.25) is 0 Å². The topological polar surface area (TPSA) is 276 Å². The summed E-state index contributed by atoms with van der Waals surface area (Å²) in [5.41, 5.74) is -0.685. The van der Waals surface area contributed by atoms with E-state index in [9.17, 15) is 51.1 Å². The van der Waals surface area contributed by atoms with Crippen LogP contribution in [0.4, 0.5) is 0 Å². The molecule has 5 aliphatic heterocycles.